The molecule has 1 radical (unpaired) electrons. The van der Waals surface area contributed by atoms with Gasteiger partial charge in [0.05, 0.1) is 5.92 Å². The van der Waals surface area contributed by atoms with Gasteiger partial charge in [0.15, 0.2) is 0 Å². The van der Waals surface area contributed by atoms with Crippen LogP contribution in [0.15, 0.2) is 0 Å². The van der Waals surface area contributed by atoms with Crippen LogP contribution in [0, 0.1) is 26.2 Å². The molecule has 0 aliphatic heterocycles. The molecule has 4 heteroatoms. The molecule has 1 saturated carbocycles. The molecule has 0 N–H and O–H groups in total. The third kappa shape index (κ3) is 3.88. The minimum Gasteiger partial charge on any atom is -0.358 e. The van der Waals surface area contributed by atoms with E-state index in [1.165, 1.54) is 0 Å². The van der Waals surface area contributed by atoms with Crippen LogP contribution < -0.4 is 0 Å². The molecule has 1 fully saturated rings. The van der Waals surface area contributed by atoms with E-state index < -0.39 is 12.1 Å². The van der Waals surface area contributed by atoms with E-state index in [1.54, 1.807) is 0 Å². The van der Waals surface area contributed by atoms with Crippen molar-refractivity contribution in [2.24, 2.45) is 11.8 Å². The van der Waals surface area contributed by atoms with Crippen LogP contribution in [0.1, 0.15) is 12.8 Å². The van der Waals surface area contributed by atoms with Crippen LogP contribution in [-0.4, -0.2) is 6.18 Å². The predicted octanol–water partition coefficient (Wildman–Crippen LogP) is 2.86. The minimum absolute atomic E-state index is 0. The molecule has 0 aromatic carbocycles. The van der Waals surface area contributed by atoms with Crippen molar-refractivity contribution in [3.63, 3.8) is 0 Å². The van der Waals surface area contributed by atoms with Crippen molar-refractivity contribution in [2.45, 2.75) is 19.0 Å². The van der Waals surface area contributed by atoms with Gasteiger partial charge in [0.2, 0.25) is 0 Å². The standard InChI is InChI=1S/C6H8F3.CH3.Y/c1-4-2-5(3-4)6(7,8)9;;/h4-5H,1-3H2;1H3;/q2*-1;. The Labute approximate surface area is 90.8 Å². The van der Waals surface area contributed by atoms with Crippen LogP contribution in [0.5, 0.6) is 0 Å². The largest absolute Gasteiger partial charge is 0.391 e. The number of alkyl halides is 3. The second-order valence-corrected chi connectivity index (χ2v) is 2.58. The Kier molecular flexibility index (Phi) is 6.30. The van der Waals surface area contributed by atoms with Gasteiger partial charge in [-0.3, -0.25) is 0 Å². The molecule has 0 heterocycles. The van der Waals surface area contributed by atoms with E-state index in [2.05, 4.69) is 6.92 Å². The van der Waals surface area contributed by atoms with Gasteiger partial charge in [0.1, 0.15) is 0 Å². The summed E-state index contributed by atoms with van der Waals surface area (Å²) < 4.78 is 34.9. The van der Waals surface area contributed by atoms with E-state index in [1.807, 2.05) is 0 Å². The van der Waals surface area contributed by atoms with E-state index in [4.69, 9.17) is 0 Å². The van der Waals surface area contributed by atoms with E-state index in [0.29, 0.717) is 0 Å². The SMILES string of the molecule is [CH2-]C1CC(C(F)(F)F)C1.[CH3-].[Y]. The van der Waals surface area contributed by atoms with Gasteiger partial charge < -0.3 is 14.4 Å². The monoisotopic (exact) mass is 241 g/mol. The average molecular weight is 241 g/mol. The van der Waals surface area contributed by atoms with Crippen molar-refractivity contribution in [2.75, 3.05) is 0 Å². The summed E-state index contributed by atoms with van der Waals surface area (Å²) in [5, 5.41) is 0. The first kappa shape index (κ1) is 14.4. The zero-order valence-electron chi connectivity index (χ0n) is 6.49. The predicted molar refractivity (Wildman–Crippen MR) is 34.0 cm³/mol. The summed E-state index contributed by atoms with van der Waals surface area (Å²) in [7, 11) is 0. The Hall–Kier alpha value is 0.894. The van der Waals surface area contributed by atoms with Gasteiger partial charge in [0, 0.05) is 32.7 Å². The fourth-order valence-electron chi connectivity index (χ4n) is 1.00. The maximum Gasteiger partial charge on any atom is 0.391 e. The Morgan fingerprint density at radius 1 is 1.18 bits per heavy atom. The molecule has 0 aromatic rings. The summed E-state index contributed by atoms with van der Waals surface area (Å²) in [6, 6.07) is 0. The molecule has 11 heavy (non-hydrogen) atoms. The normalized spacial score (nSPS) is 29.5. The summed E-state index contributed by atoms with van der Waals surface area (Å²) in [6.07, 6.45) is -3.51. The van der Waals surface area contributed by atoms with Crippen molar-refractivity contribution >= 4 is 0 Å². The summed E-state index contributed by atoms with van der Waals surface area (Å²) >= 11 is 0. The van der Waals surface area contributed by atoms with E-state index >= 15 is 0 Å². The van der Waals surface area contributed by atoms with E-state index in [-0.39, 0.29) is 58.9 Å². The van der Waals surface area contributed by atoms with Crippen LogP contribution in [0.25, 0.3) is 0 Å². The molecular weight excluding hydrogens is 230 g/mol. The molecule has 0 amide bonds. The fourth-order valence-corrected chi connectivity index (χ4v) is 1.00. The number of hydrogen-bond donors (Lipinski definition) is 0. The van der Waals surface area contributed by atoms with Crippen LogP contribution in [0.4, 0.5) is 13.2 Å². The first-order chi connectivity index (χ1) is 4.00. The molecule has 0 saturated heterocycles. The Bertz CT molecular complexity index is 105. The molecule has 0 nitrogen and oxygen atoms in total. The molecule has 65 valence electrons. The van der Waals surface area contributed by atoms with Gasteiger partial charge in [-0.1, -0.05) is 12.8 Å². The van der Waals surface area contributed by atoms with E-state index in [0.717, 1.165) is 0 Å². The van der Waals surface area contributed by atoms with Gasteiger partial charge in [-0.05, 0) is 0 Å². The van der Waals surface area contributed by atoms with Gasteiger partial charge in [-0.15, -0.1) is 0 Å². The molecule has 1 aliphatic carbocycles. The fraction of sp³-hybridized carbons (Fsp3) is 0.714. The van der Waals surface area contributed by atoms with Crippen molar-refractivity contribution in [3.05, 3.63) is 14.4 Å². The molecule has 0 bridgehead atoms. The molecular formula is C7H11F3Y-2. The molecule has 0 atom stereocenters. The zero-order valence-corrected chi connectivity index (χ0v) is 9.33. The summed E-state index contributed by atoms with van der Waals surface area (Å²) in [4.78, 5) is 0. The smallest absolute Gasteiger partial charge is 0.358 e. The molecule has 1 rings (SSSR count). The Balaban J connectivity index is 0. The number of rotatable bonds is 0. The molecule has 0 spiro atoms. The second-order valence-electron chi connectivity index (χ2n) is 2.58. The van der Waals surface area contributed by atoms with Gasteiger partial charge >= 0.3 is 6.18 Å². The average Bonchev–Trinajstić information content (AvgIpc) is 1.55. The van der Waals surface area contributed by atoms with Crippen LogP contribution in [0.2, 0.25) is 0 Å². The van der Waals surface area contributed by atoms with Gasteiger partial charge in [-0.2, -0.15) is 19.1 Å². The Morgan fingerprint density at radius 3 is 1.64 bits per heavy atom. The van der Waals surface area contributed by atoms with Crippen molar-refractivity contribution in [1.82, 2.24) is 0 Å². The summed E-state index contributed by atoms with van der Waals surface area (Å²) in [5.41, 5.74) is 0. The first-order valence-corrected chi connectivity index (χ1v) is 2.90. The zero-order chi connectivity index (χ0) is 7.07. The van der Waals surface area contributed by atoms with Crippen LogP contribution in [-0.2, 0) is 32.7 Å². The number of halogens is 3. The quantitative estimate of drug-likeness (QED) is 0.572. The summed E-state index contributed by atoms with van der Waals surface area (Å²) in [5.74, 6) is -1.02. The molecule has 1 aliphatic rings. The second kappa shape index (κ2) is 4.81. The van der Waals surface area contributed by atoms with Crippen molar-refractivity contribution < 1.29 is 45.9 Å². The third-order valence-electron chi connectivity index (χ3n) is 1.70. The topological polar surface area (TPSA) is 0 Å². The van der Waals surface area contributed by atoms with Crippen LogP contribution in [0.3, 0.4) is 0 Å². The summed E-state index contributed by atoms with van der Waals surface area (Å²) in [6.45, 7) is 3.51. The minimum atomic E-state index is -3.96. The molecule has 0 aromatic heterocycles. The Morgan fingerprint density at radius 2 is 1.55 bits per heavy atom. The van der Waals surface area contributed by atoms with Crippen molar-refractivity contribution in [3.8, 4) is 0 Å². The van der Waals surface area contributed by atoms with Gasteiger partial charge in [0.25, 0.3) is 0 Å². The maximum atomic E-state index is 11.6. The first-order valence-electron chi connectivity index (χ1n) is 2.90. The third-order valence-corrected chi connectivity index (χ3v) is 1.70. The van der Waals surface area contributed by atoms with Crippen LogP contribution >= 0.6 is 0 Å². The van der Waals surface area contributed by atoms with Gasteiger partial charge in [-0.25, -0.2) is 0 Å². The van der Waals surface area contributed by atoms with Crippen molar-refractivity contribution in [1.29, 1.82) is 0 Å². The molecule has 0 unspecified atom stereocenters. The number of hydrogen-bond acceptors (Lipinski definition) is 0. The van der Waals surface area contributed by atoms with E-state index in [9.17, 15) is 13.2 Å². The maximum absolute atomic E-state index is 11.6.